The molecule has 1 amide bonds. The lowest BCUT2D eigenvalue weighted by Crippen LogP contribution is -2.52. The molecule has 0 saturated carbocycles. The number of ketones is 1. The molecular weight excluding hydrogens is 442 g/mol. The van der Waals surface area contributed by atoms with Gasteiger partial charge in [-0.25, -0.2) is 0 Å². The fourth-order valence-electron chi connectivity index (χ4n) is 4.85. The monoisotopic (exact) mass is 467 g/mol. The van der Waals surface area contributed by atoms with E-state index in [9.17, 15) is 9.59 Å². The van der Waals surface area contributed by atoms with Gasteiger partial charge in [0.05, 0.1) is 12.0 Å². The summed E-state index contributed by atoms with van der Waals surface area (Å²) in [6, 6.07) is 7.49. The Kier molecular flexibility index (Phi) is 5.57. The summed E-state index contributed by atoms with van der Waals surface area (Å²) in [4.78, 5) is 27.6. The number of amides is 1. The van der Waals surface area contributed by atoms with Gasteiger partial charge in [0.1, 0.15) is 24.6 Å². The van der Waals surface area contributed by atoms with E-state index in [2.05, 4.69) is 0 Å². The van der Waals surface area contributed by atoms with Gasteiger partial charge in [-0.15, -0.1) is 0 Å². The quantitative estimate of drug-likeness (QED) is 0.595. The molecule has 6 nitrogen and oxygen atoms in total. The number of likely N-dealkylation sites (tertiary alicyclic amines) is 1. The van der Waals surface area contributed by atoms with E-state index >= 15 is 0 Å². The molecule has 3 aliphatic rings. The van der Waals surface area contributed by atoms with Crippen LogP contribution in [0.15, 0.2) is 30.3 Å². The van der Waals surface area contributed by atoms with Crippen LogP contribution < -0.4 is 14.2 Å². The van der Waals surface area contributed by atoms with Crippen LogP contribution in [0.2, 0.25) is 5.02 Å². The molecule has 0 aliphatic carbocycles. The van der Waals surface area contributed by atoms with Crippen molar-refractivity contribution in [2.24, 2.45) is 0 Å². The Hall–Kier alpha value is -2.99. The minimum atomic E-state index is -0.562. The van der Waals surface area contributed by atoms with E-state index in [0.29, 0.717) is 67.7 Å². The van der Waals surface area contributed by atoms with Gasteiger partial charge in [-0.1, -0.05) is 17.7 Å². The summed E-state index contributed by atoms with van der Waals surface area (Å²) in [5, 5.41) is 0.617. The molecule has 172 valence electrons. The number of benzene rings is 2. The van der Waals surface area contributed by atoms with Gasteiger partial charge in [0.25, 0.3) is 0 Å². The molecule has 0 aromatic heterocycles. The SMILES string of the molecule is Cc1cc2c(c(C)c1Cl)C(=O)CC1(CCN(C(=O)/C=C\c3ccc4c(c3)OCCO4)CC1)O2. The first-order valence-corrected chi connectivity index (χ1v) is 11.6. The van der Waals surface area contributed by atoms with Crippen molar-refractivity contribution < 1.29 is 23.8 Å². The van der Waals surface area contributed by atoms with Crippen molar-refractivity contribution in [3.05, 3.63) is 57.6 Å². The Balaban J connectivity index is 1.25. The lowest BCUT2D eigenvalue weighted by atomic mass is 9.81. The van der Waals surface area contributed by atoms with Crippen molar-refractivity contribution >= 4 is 29.4 Å². The Bertz CT molecular complexity index is 1160. The average Bonchev–Trinajstić information content (AvgIpc) is 2.81. The number of hydrogen-bond acceptors (Lipinski definition) is 5. The smallest absolute Gasteiger partial charge is 0.246 e. The number of fused-ring (bicyclic) bond motifs is 2. The molecule has 1 saturated heterocycles. The third-order valence-corrected chi connectivity index (χ3v) is 7.28. The highest BCUT2D eigenvalue weighted by Gasteiger charge is 2.44. The standard InChI is InChI=1S/C26H26ClNO5/c1-16-13-22-24(17(2)25(16)27)19(29)15-26(33-22)7-9-28(10-8-26)23(30)6-4-18-3-5-20-21(14-18)32-12-11-31-20/h3-6,13-14H,7-12,15H2,1-2H3/b6-4-. The zero-order valence-corrected chi connectivity index (χ0v) is 19.5. The fraction of sp³-hybridized carbons (Fsp3) is 0.385. The molecule has 2 aromatic carbocycles. The first-order valence-electron chi connectivity index (χ1n) is 11.2. The van der Waals surface area contributed by atoms with E-state index in [4.69, 9.17) is 25.8 Å². The minimum Gasteiger partial charge on any atom is -0.486 e. The number of nitrogens with zero attached hydrogens (tertiary/aromatic N) is 1. The van der Waals surface area contributed by atoms with Crippen molar-refractivity contribution in [2.45, 2.75) is 38.7 Å². The van der Waals surface area contributed by atoms with Crippen molar-refractivity contribution in [3.63, 3.8) is 0 Å². The second-order valence-corrected chi connectivity index (χ2v) is 9.33. The summed E-state index contributed by atoms with van der Waals surface area (Å²) >= 11 is 6.35. The largest absolute Gasteiger partial charge is 0.486 e. The van der Waals surface area contributed by atoms with Crippen LogP contribution in [0.3, 0.4) is 0 Å². The summed E-state index contributed by atoms with van der Waals surface area (Å²) in [6.07, 6.45) is 4.91. The number of halogens is 1. The maximum atomic E-state index is 13.0. The molecule has 0 unspecified atom stereocenters. The average molecular weight is 468 g/mol. The maximum absolute atomic E-state index is 13.0. The van der Waals surface area contributed by atoms with E-state index < -0.39 is 5.60 Å². The number of rotatable bonds is 2. The van der Waals surface area contributed by atoms with Gasteiger partial charge < -0.3 is 19.1 Å². The molecule has 33 heavy (non-hydrogen) atoms. The number of piperidine rings is 1. The number of carbonyl (C=O) groups is 2. The Morgan fingerprint density at radius 3 is 2.55 bits per heavy atom. The van der Waals surface area contributed by atoms with Crippen LogP contribution in [0.5, 0.6) is 17.2 Å². The molecular formula is C26H26ClNO5. The number of aryl methyl sites for hydroxylation is 1. The lowest BCUT2D eigenvalue weighted by Gasteiger charge is -2.44. The zero-order chi connectivity index (χ0) is 23.2. The van der Waals surface area contributed by atoms with E-state index in [1.165, 1.54) is 0 Å². The second-order valence-electron chi connectivity index (χ2n) is 8.95. The van der Waals surface area contributed by atoms with Gasteiger partial charge in [-0.2, -0.15) is 0 Å². The van der Waals surface area contributed by atoms with Gasteiger partial charge in [-0.3, -0.25) is 9.59 Å². The Morgan fingerprint density at radius 2 is 1.79 bits per heavy atom. The number of hydrogen-bond donors (Lipinski definition) is 0. The fourth-order valence-corrected chi connectivity index (χ4v) is 5.00. The van der Waals surface area contributed by atoms with E-state index in [1.54, 1.807) is 12.2 Å². The van der Waals surface area contributed by atoms with Gasteiger partial charge in [-0.05, 0) is 54.8 Å². The molecule has 3 heterocycles. The Morgan fingerprint density at radius 1 is 1.06 bits per heavy atom. The molecule has 7 heteroatoms. The summed E-state index contributed by atoms with van der Waals surface area (Å²) in [5.74, 6) is 2.04. The molecule has 1 spiro atoms. The van der Waals surface area contributed by atoms with E-state index in [1.807, 2.05) is 43.0 Å². The molecule has 0 bridgehead atoms. The number of Topliss-reactive ketones (excluding diaryl/α,β-unsaturated/α-hetero) is 1. The molecule has 2 aromatic rings. The highest BCUT2D eigenvalue weighted by Crippen LogP contribution is 2.43. The third kappa shape index (κ3) is 4.08. The van der Waals surface area contributed by atoms with Gasteiger partial charge in [0.15, 0.2) is 17.3 Å². The first kappa shape index (κ1) is 21.8. The van der Waals surface area contributed by atoms with Crippen LogP contribution in [-0.2, 0) is 4.79 Å². The van der Waals surface area contributed by atoms with Crippen molar-refractivity contribution in [1.82, 2.24) is 4.90 Å². The number of carbonyl (C=O) groups excluding carboxylic acids is 2. The summed E-state index contributed by atoms with van der Waals surface area (Å²) in [7, 11) is 0. The topological polar surface area (TPSA) is 65.1 Å². The summed E-state index contributed by atoms with van der Waals surface area (Å²) in [6.45, 7) is 5.93. The maximum Gasteiger partial charge on any atom is 0.246 e. The molecule has 0 atom stereocenters. The van der Waals surface area contributed by atoms with Crippen LogP contribution in [0.4, 0.5) is 0 Å². The number of ether oxygens (including phenoxy) is 3. The van der Waals surface area contributed by atoms with E-state index in [-0.39, 0.29) is 11.7 Å². The van der Waals surface area contributed by atoms with Crippen molar-refractivity contribution in [1.29, 1.82) is 0 Å². The summed E-state index contributed by atoms with van der Waals surface area (Å²) < 4.78 is 17.5. The van der Waals surface area contributed by atoms with Crippen molar-refractivity contribution in [3.8, 4) is 17.2 Å². The highest BCUT2D eigenvalue weighted by atomic mass is 35.5. The minimum absolute atomic E-state index is 0.0549. The molecule has 5 rings (SSSR count). The van der Waals surface area contributed by atoms with Gasteiger partial charge in [0.2, 0.25) is 5.91 Å². The predicted octanol–water partition coefficient (Wildman–Crippen LogP) is 4.77. The van der Waals surface area contributed by atoms with Crippen molar-refractivity contribution in [2.75, 3.05) is 26.3 Å². The normalized spacial score (nSPS) is 18.9. The third-order valence-electron chi connectivity index (χ3n) is 6.70. The highest BCUT2D eigenvalue weighted by molar-refractivity contribution is 6.32. The molecule has 0 N–H and O–H groups in total. The molecule has 0 radical (unpaired) electrons. The van der Waals surface area contributed by atoms with Crippen LogP contribution in [-0.4, -0.2) is 48.5 Å². The van der Waals surface area contributed by atoms with Crippen LogP contribution in [0, 0.1) is 13.8 Å². The summed E-state index contributed by atoms with van der Waals surface area (Å²) in [5.41, 5.74) is 2.59. The lowest BCUT2D eigenvalue weighted by molar-refractivity contribution is -0.129. The van der Waals surface area contributed by atoms with Gasteiger partial charge >= 0.3 is 0 Å². The van der Waals surface area contributed by atoms with Crippen LogP contribution in [0.25, 0.3) is 6.08 Å². The zero-order valence-electron chi connectivity index (χ0n) is 18.8. The van der Waals surface area contributed by atoms with Gasteiger partial charge in [0, 0.05) is 37.0 Å². The Labute approximate surface area is 198 Å². The second kappa shape index (κ2) is 8.41. The van der Waals surface area contributed by atoms with Crippen LogP contribution in [0.1, 0.15) is 46.3 Å². The van der Waals surface area contributed by atoms with Crippen LogP contribution >= 0.6 is 11.6 Å². The predicted molar refractivity (Wildman–Crippen MR) is 126 cm³/mol. The van der Waals surface area contributed by atoms with E-state index in [0.717, 1.165) is 22.4 Å². The first-order chi connectivity index (χ1) is 15.8. The molecule has 3 aliphatic heterocycles. The molecule has 1 fully saturated rings.